The van der Waals surface area contributed by atoms with E-state index in [-0.39, 0.29) is 12.5 Å². The molecule has 3 aromatic heterocycles. The summed E-state index contributed by atoms with van der Waals surface area (Å²) >= 11 is 2.97. The first-order valence-electron chi connectivity index (χ1n) is 10.4. The summed E-state index contributed by atoms with van der Waals surface area (Å²) in [5.74, 6) is 0.145. The molecule has 4 rings (SSSR count). The Balaban J connectivity index is 1.44. The molecule has 0 aromatic carbocycles. The van der Waals surface area contributed by atoms with E-state index in [1.54, 1.807) is 7.11 Å². The van der Waals surface area contributed by atoms with Gasteiger partial charge in [0.25, 0.3) is 11.8 Å². The number of primary amides is 1. The summed E-state index contributed by atoms with van der Waals surface area (Å²) in [7, 11) is 1.61. The van der Waals surface area contributed by atoms with E-state index in [4.69, 9.17) is 14.9 Å². The van der Waals surface area contributed by atoms with Crippen molar-refractivity contribution in [2.45, 2.75) is 32.2 Å². The summed E-state index contributed by atoms with van der Waals surface area (Å²) < 4.78 is 10.9. The highest BCUT2D eigenvalue weighted by Gasteiger charge is 2.25. The maximum absolute atomic E-state index is 12.9. The minimum atomic E-state index is -0.497. The molecule has 2 amide bonds. The van der Waals surface area contributed by atoms with Gasteiger partial charge in [0.1, 0.15) is 5.00 Å². The van der Waals surface area contributed by atoms with Crippen LogP contribution in [-0.4, -0.2) is 53.7 Å². The van der Waals surface area contributed by atoms with Crippen LogP contribution in [0.5, 0.6) is 0 Å². The van der Waals surface area contributed by atoms with Gasteiger partial charge in [0.05, 0.1) is 30.1 Å². The molecule has 3 aromatic rings. The molecular weight excluding hydrogens is 450 g/mol. The number of anilines is 1. The van der Waals surface area contributed by atoms with E-state index in [1.807, 2.05) is 22.4 Å². The molecule has 9 nitrogen and oxygen atoms in total. The lowest BCUT2D eigenvalue weighted by Gasteiger charge is -2.19. The van der Waals surface area contributed by atoms with E-state index in [1.165, 1.54) is 22.7 Å². The van der Waals surface area contributed by atoms with Crippen LogP contribution in [0, 0.1) is 0 Å². The van der Waals surface area contributed by atoms with Gasteiger partial charge in [0, 0.05) is 18.5 Å². The fourth-order valence-electron chi connectivity index (χ4n) is 3.73. The van der Waals surface area contributed by atoms with Crippen molar-refractivity contribution >= 4 is 39.5 Å². The molecule has 1 aliphatic rings. The molecule has 0 spiro atoms. The van der Waals surface area contributed by atoms with Crippen LogP contribution in [0.4, 0.5) is 5.00 Å². The van der Waals surface area contributed by atoms with Gasteiger partial charge < -0.3 is 20.2 Å². The van der Waals surface area contributed by atoms with Crippen LogP contribution in [0.3, 0.4) is 0 Å². The van der Waals surface area contributed by atoms with Crippen LogP contribution in [0.25, 0.3) is 10.8 Å². The maximum atomic E-state index is 12.9. The molecule has 3 heterocycles. The molecule has 0 unspecified atom stereocenters. The van der Waals surface area contributed by atoms with Crippen LogP contribution in [-0.2, 0) is 28.9 Å². The number of hydrogen-bond donors (Lipinski definition) is 2. The van der Waals surface area contributed by atoms with Gasteiger partial charge in [-0.15, -0.1) is 32.9 Å². The van der Waals surface area contributed by atoms with Crippen molar-refractivity contribution in [1.82, 2.24) is 15.1 Å². The third-order valence-electron chi connectivity index (χ3n) is 5.21. The fourth-order valence-corrected chi connectivity index (χ4v) is 5.68. The number of thiophene rings is 2. The van der Waals surface area contributed by atoms with Crippen molar-refractivity contribution in [1.29, 1.82) is 0 Å². The van der Waals surface area contributed by atoms with Crippen molar-refractivity contribution in [3.8, 4) is 10.8 Å². The Morgan fingerprint density at radius 1 is 1.31 bits per heavy atom. The van der Waals surface area contributed by atoms with Gasteiger partial charge >= 0.3 is 0 Å². The first-order valence-corrected chi connectivity index (χ1v) is 12.1. The highest BCUT2D eigenvalue weighted by molar-refractivity contribution is 7.17. The number of nitrogens with two attached hydrogens (primary N) is 1. The number of amides is 2. The van der Waals surface area contributed by atoms with E-state index in [9.17, 15) is 9.59 Å². The van der Waals surface area contributed by atoms with Crippen LogP contribution >= 0.6 is 22.7 Å². The monoisotopic (exact) mass is 475 g/mol. The van der Waals surface area contributed by atoms with Crippen molar-refractivity contribution in [2.75, 3.05) is 32.1 Å². The summed E-state index contributed by atoms with van der Waals surface area (Å²) in [5, 5.41) is 13.6. The molecule has 0 saturated carbocycles. The number of rotatable bonds is 10. The largest absolute Gasteiger partial charge is 0.419 e. The zero-order valence-electron chi connectivity index (χ0n) is 17.8. The lowest BCUT2D eigenvalue weighted by molar-refractivity contribution is -0.117. The number of methoxy groups -OCH3 is 1. The number of carbonyl (C=O) groups is 2. The summed E-state index contributed by atoms with van der Waals surface area (Å²) in [6.07, 6.45) is 3.85. The van der Waals surface area contributed by atoms with Gasteiger partial charge in [-0.1, -0.05) is 6.07 Å². The summed E-state index contributed by atoms with van der Waals surface area (Å²) in [6.45, 7) is 1.34. The second-order valence-electron chi connectivity index (χ2n) is 7.51. The Hall–Kier alpha value is -2.60. The average molecular weight is 476 g/mol. The highest BCUT2D eigenvalue weighted by Crippen LogP contribution is 2.37. The SMILES string of the molecule is COCCN(CC(=O)Nc1sc2c(c1C(N)=O)CCCC2)Cc1nnc(-c2cccs2)o1. The van der Waals surface area contributed by atoms with Crippen LogP contribution < -0.4 is 11.1 Å². The maximum Gasteiger partial charge on any atom is 0.257 e. The Morgan fingerprint density at radius 2 is 2.16 bits per heavy atom. The number of carbonyl (C=O) groups excluding carboxylic acids is 2. The molecule has 0 bridgehead atoms. The normalized spacial score (nSPS) is 13.3. The molecule has 170 valence electrons. The number of fused-ring (bicyclic) bond motifs is 1. The summed E-state index contributed by atoms with van der Waals surface area (Å²) in [5.41, 5.74) is 7.08. The minimum absolute atomic E-state index is 0.0842. The van der Waals surface area contributed by atoms with Gasteiger partial charge in [-0.3, -0.25) is 14.5 Å². The second kappa shape index (κ2) is 10.3. The van der Waals surface area contributed by atoms with Gasteiger partial charge in [-0.25, -0.2) is 0 Å². The van der Waals surface area contributed by atoms with E-state index in [0.717, 1.165) is 41.0 Å². The van der Waals surface area contributed by atoms with Crippen molar-refractivity contribution < 1.29 is 18.7 Å². The molecule has 0 fully saturated rings. The lowest BCUT2D eigenvalue weighted by atomic mass is 9.95. The minimum Gasteiger partial charge on any atom is -0.419 e. The Morgan fingerprint density at radius 3 is 2.91 bits per heavy atom. The zero-order valence-corrected chi connectivity index (χ0v) is 19.4. The number of nitrogens with one attached hydrogen (secondary N) is 1. The number of aryl methyl sites for hydroxylation is 1. The van der Waals surface area contributed by atoms with Gasteiger partial charge in [-0.05, 0) is 42.7 Å². The third-order valence-corrected chi connectivity index (χ3v) is 7.27. The van der Waals surface area contributed by atoms with Crippen LogP contribution in [0.15, 0.2) is 21.9 Å². The smallest absolute Gasteiger partial charge is 0.257 e. The van der Waals surface area contributed by atoms with E-state index < -0.39 is 5.91 Å². The molecule has 0 aliphatic heterocycles. The molecule has 0 atom stereocenters. The molecular formula is C21H25N5O4S2. The third kappa shape index (κ3) is 5.23. The van der Waals surface area contributed by atoms with E-state index in [2.05, 4.69) is 15.5 Å². The van der Waals surface area contributed by atoms with Crippen LogP contribution in [0.2, 0.25) is 0 Å². The van der Waals surface area contributed by atoms with Crippen molar-refractivity contribution in [3.63, 3.8) is 0 Å². The fraction of sp³-hybridized carbons (Fsp3) is 0.429. The predicted octanol–water partition coefficient (Wildman–Crippen LogP) is 2.92. The summed E-state index contributed by atoms with van der Waals surface area (Å²) in [6, 6.07) is 3.83. The Bertz CT molecular complexity index is 1080. The van der Waals surface area contributed by atoms with E-state index in [0.29, 0.717) is 42.0 Å². The predicted molar refractivity (Wildman–Crippen MR) is 123 cm³/mol. The van der Waals surface area contributed by atoms with Crippen LogP contribution in [0.1, 0.15) is 39.5 Å². The van der Waals surface area contributed by atoms with Crippen molar-refractivity contribution in [2.24, 2.45) is 5.73 Å². The number of hydrogen-bond acceptors (Lipinski definition) is 9. The Kier molecular flexibility index (Phi) is 7.30. The second-order valence-corrected chi connectivity index (χ2v) is 9.56. The first-order chi connectivity index (χ1) is 15.5. The molecule has 1 aliphatic carbocycles. The molecule has 0 radical (unpaired) electrons. The number of nitrogens with zero attached hydrogens (tertiary/aromatic N) is 3. The summed E-state index contributed by atoms with van der Waals surface area (Å²) in [4.78, 5) is 28.8. The average Bonchev–Trinajstić information content (AvgIpc) is 3.50. The van der Waals surface area contributed by atoms with Gasteiger partial charge in [0.2, 0.25) is 11.8 Å². The topological polar surface area (TPSA) is 124 Å². The first kappa shape index (κ1) is 22.6. The highest BCUT2D eigenvalue weighted by atomic mass is 32.1. The standard InChI is InChI=1S/C21H25N5O4S2/c1-29-9-8-26(12-17-24-25-20(30-17)15-7-4-10-31-15)11-16(27)23-21-18(19(22)28)13-5-2-3-6-14(13)32-21/h4,7,10H,2-3,5-6,8-9,11-12H2,1H3,(H2,22,28)(H,23,27). The molecule has 11 heteroatoms. The van der Waals surface area contributed by atoms with Gasteiger partial charge in [-0.2, -0.15) is 0 Å². The Labute approximate surface area is 193 Å². The molecule has 3 N–H and O–H groups in total. The molecule has 32 heavy (non-hydrogen) atoms. The number of aromatic nitrogens is 2. The molecule has 0 saturated heterocycles. The van der Waals surface area contributed by atoms with E-state index >= 15 is 0 Å². The van der Waals surface area contributed by atoms with Gasteiger partial charge in [0.15, 0.2) is 0 Å². The lowest BCUT2D eigenvalue weighted by Crippen LogP contribution is -2.35. The zero-order chi connectivity index (χ0) is 22.5. The van der Waals surface area contributed by atoms with Crippen molar-refractivity contribution in [3.05, 3.63) is 39.4 Å². The number of ether oxygens (including phenoxy) is 1. The quantitative estimate of drug-likeness (QED) is 0.462.